The highest BCUT2D eigenvalue weighted by atomic mass is 15.1. The second kappa shape index (κ2) is 3.61. The van der Waals surface area contributed by atoms with Crippen molar-refractivity contribution in [2.24, 2.45) is 5.41 Å². The van der Waals surface area contributed by atoms with Gasteiger partial charge in [0, 0.05) is 23.6 Å². The van der Waals surface area contributed by atoms with E-state index in [-0.39, 0.29) is 5.41 Å². The van der Waals surface area contributed by atoms with Crippen LogP contribution in [0.15, 0.2) is 0 Å². The Hall–Kier alpha value is -0.790. The molecule has 1 atom stereocenters. The van der Waals surface area contributed by atoms with Gasteiger partial charge in [-0.25, -0.2) is 4.98 Å². The van der Waals surface area contributed by atoms with Crippen LogP contribution in [-0.4, -0.2) is 9.55 Å². The Labute approximate surface area is 111 Å². The van der Waals surface area contributed by atoms with Crippen LogP contribution in [0.5, 0.6) is 0 Å². The third kappa shape index (κ3) is 1.72. The van der Waals surface area contributed by atoms with E-state index in [0.717, 1.165) is 6.42 Å². The Morgan fingerprint density at radius 2 is 1.94 bits per heavy atom. The smallest absolute Gasteiger partial charge is 0.109 e. The zero-order valence-corrected chi connectivity index (χ0v) is 12.5. The van der Waals surface area contributed by atoms with Crippen LogP contribution >= 0.6 is 0 Å². The maximum atomic E-state index is 5.00. The molecule has 0 N–H and O–H groups in total. The molecule has 1 unspecified atom stereocenters. The molecular formula is C16H26N2. The van der Waals surface area contributed by atoms with Crippen molar-refractivity contribution < 1.29 is 0 Å². The van der Waals surface area contributed by atoms with Crippen LogP contribution in [0, 0.1) is 5.41 Å². The van der Waals surface area contributed by atoms with Gasteiger partial charge < -0.3 is 4.57 Å². The van der Waals surface area contributed by atoms with Crippen molar-refractivity contribution >= 4 is 0 Å². The fourth-order valence-electron chi connectivity index (χ4n) is 4.50. The highest BCUT2D eigenvalue weighted by molar-refractivity contribution is 5.31. The average Bonchev–Trinajstić information content (AvgIpc) is 2.54. The molecule has 0 saturated heterocycles. The minimum Gasteiger partial charge on any atom is -0.328 e. The number of aromatic nitrogens is 2. The summed E-state index contributed by atoms with van der Waals surface area (Å²) in [5, 5.41) is 0. The molecule has 0 fully saturated rings. The van der Waals surface area contributed by atoms with E-state index in [9.17, 15) is 0 Å². The molecular weight excluding hydrogens is 220 g/mol. The molecule has 1 aromatic heterocycles. The minimum atomic E-state index is 0.272. The van der Waals surface area contributed by atoms with Crippen molar-refractivity contribution in [3.05, 3.63) is 17.2 Å². The number of imidazole rings is 1. The Kier molecular flexibility index (Phi) is 2.46. The summed E-state index contributed by atoms with van der Waals surface area (Å²) in [6, 6.07) is 0.644. The Bertz CT molecular complexity index is 480. The molecule has 2 nitrogen and oxygen atoms in total. The lowest BCUT2D eigenvalue weighted by Crippen LogP contribution is -2.37. The van der Waals surface area contributed by atoms with Gasteiger partial charge in [0.25, 0.3) is 0 Å². The van der Waals surface area contributed by atoms with Gasteiger partial charge in [-0.15, -0.1) is 0 Å². The second-order valence-corrected chi connectivity index (χ2v) is 7.84. The Balaban J connectivity index is 2.18. The molecule has 18 heavy (non-hydrogen) atoms. The van der Waals surface area contributed by atoms with E-state index in [1.165, 1.54) is 37.2 Å². The normalized spacial score (nSPS) is 28.6. The predicted molar refractivity (Wildman–Crippen MR) is 75.0 cm³/mol. The number of fused-ring (bicyclic) bond motifs is 3. The van der Waals surface area contributed by atoms with Gasteiger partial charge in [-0.05, 0) is 38.0 Å². The van der Waals surface area contributed by atoms with E-state index < -0.39 is 0 Å². The molecule has 3 rings (SSSR count). The molecule has 2 heteroatoms. The van der Waals surface area contributed by atoms with Crippen LogP contribution in [0.25, 0.3) is 0 Å². The summed E-state index contributed by atoms with van der Waals surface area (Å²) < 4.78 is 2.58. The monoisotopic (exact) mass is 246 g/mol. The largest absolute Gasteiger partial charge is 0.328 e. The molecule has 1 aliphatic heterocycles. The SMILES string of the molecule is CC1CCCc2nc3c(n21)C(C)(C)CC(C)(C)C3. The van der Waals surface area contributed by atoms with Gasteiger partial charge in [0.1, 0.15) is 5.82 Å². The summed E-state index contributed by atoms with van der Waals surface area (Å²) in [5.41, 5.74) is 3.60. The molecule has 100 valence electrons. The Morgan fingerprint density at radius 1 is 1.22 bits per heavy atom. The number of hydrogen-bond acceptors (Lipinski definition) is 1. The van der Waals surface area contributed by atoms with Crippen molar-refractivity contribution in [1.82, 2.24) is 9.55 Å². The van der Waals surface area contributed by atoms with Crippen LogP contribution in [0.4, 0.5) is 0 Å². The third-order valence-corrected chi connectivity index (χ3v) is 4.73. The van der Waals surface area contributed by atoms with E-state index >= 15 is 0 Å². The van der Waals surface area contributed by atoms with Gasteiger partial charge in [-0.2, -0.15) is 0 Å². The van der Waals surface area contributed by atoms with Gasteiger partial charge in [0.15, 0.2) is 0 Å². The van der Waals surface area contributed by atoms with Gasteiger partial charge >= 0.3 is 0 Å². The summed E-state index contributed by atoms with van der Waals surface area (Å²) in [4.78, 5) is 5.00. The van der Waals surface area contributed by atoms with Crippen LogP contribution < -0.4 is 0 Å². The summed E-state index contributed by atoms with van der Waals surface area (Å²) in [7, 11) is 0. The second-order valence-electron chi connectivity index (χ2n) is 7.84. The maximum absolute atomic E-state index is 5.00. The molecule has 2 aliphatic rings. The standard InChI is InChI=1S/C16H26N2/c1-11-7-6-8-13-17-12-9-15(2,3)10-16(4,5)14(12)18(11)13/h11H,6-10H2,1-5H3. The van der Waals surface area contributed by atoms with Gasteiger partial charge in [-0.1, -0.05) is 27.7 Å². The van der Waals surface area contributed by atoms with Gasteiger partial charge in [0.05, 0.1) is 5.69 Å². The molecule has 0 bridgehead atoms. The average molecular weight is 246 g/mol. The Morgan fingerprint density at radius 3 is 2.67 bits per heavy atom. The van der Waals surface area contributed by atoms with Gasteiger partial charge in [-0.3, -0.25) is 0 Å². The molecule has 0 aromatic carbocycles. The van der Waals surface area contributed by atoms with E-state index in [4.69, 9.17) is 4.98 Å². The van der Waals surface area contributed by atoms with Crippen molar-refractivity contribution in [2.45, 2.75) is 78.2 Å². The molecule has 1 aromatic rings. The summed E-state index contributed by atoms with van der Waals surface area (Å²) in [6.07, 6.45) is 6.22. The highest BCUT2D eigenvalue weighted by Gasteiger charge is 2.42. The first kappa shape index (κ1) is 12.3. The van der Waals surface area contributed by atoms with Crippen LogP contribution in [0.1, 0.15) is 77.1 Å². The molecule has 1 aliphatic carbocycles. The first-order valence-electron chi connectivity index (χ1n) is 7.41. The van der Waals surface area contributed by atoms with Crippen molar-refractivity contribution in [3.63, 3.8) is 0 Å². The summed E-state index contributed by atoms with van der Waals surface area (Å²) >= 11 is 0. The lowest BCUT2D eigenvalue weighted by atomic mass is 9.66. The number of nitrogens with zero attached hydrogens (tertiary/aromatic N) is 2. The highest BCUT2D eigenvalue weighted by Crippen LogP contribution is 2.47. The number of hydrogen-bond donors (Lipinski definition) is 0. The quantitative estimate of drug-likeness (QED) is 0.676. The zero-order valence-electron chi connectivity index (χ0n) is 12.5. The number of aryl methyl sites for hydroxylation is 1. The molecule has 0 amide bonds. The van der Waals surface area contributed by atoms with E-state index in [1.54, 1.807) is 5.69 Å². The van der Waals surface area contributed by atoms with E-state index in [0.29, 0.717) is 11.5 Å². The fraction of sp³-hybridized carbons (Fsp3) is 0.812. The molecule has 0 saturated carbocycles. The topological polar surface area (TPSA) is 17.8 Å². The molecule has 2 heterocycles. The fourth-order valence-corrected chi connectivity index (χ4v) is 4.50. The number of rotatable bonds is 0. The third-order valence-electron chi connectivity index (χ3n) is 4.73. The van der Waals surface area contributed by atoms with Crippen molar-refractivity contribution in [2.75, 3.05) is 0 Å². The van der Waals surface area contributed by atoms with Crippen molar-refractivity contribution in [3.8, 4) is 0 Å². The lowest BCUT2D eigenvalue weighted by Gasteiger charge is -2.42. The van der Waals surface area contributed by atoms with Gasteiger partial charge in [0.2, 0.25) is 0 Å². The minimum absolute atomic E-state index is 0.272. The zero-order chi connectivity index (χ0) is 13.1. The van der Waals surface area contributed by atoms with E-state index in [1.807, 2.05) is 0 Å². The maximum Gasteiger partial charge on any atom is 0.109 e. The first-order valence-corrected chi connectivity index (χ1v) is 7.41. The summed E-state index contributed by atoms with van der Waals surface area (Å²) in [5.74, 6) is 1.35. The van der Waals surface area contributed by atoms with Crippen LogP contribution in [0.2, 0.25) is 0 Å². The van der Waals surface area contributed by atoms with E-state index in [2.05, 4.69) is 39.2 Å². The lowest BCUT2D eigenvalue weighted by molar-refractivity contribution is 0.216. The van der Waals surface area contributed by atoms with Crippen LogP contribution in [-0.2, 0) is 18.3 Å². The molecule has 0 radical (unpaired) electrons. The van der Waals surface area contributed by atoms with Crippen LogP contribution in [0.3, 0.4) is 0 Å². The van der Waals surface area contributed by atoms with Crippen molar-refractivity contribution in [1.29, 1.82) is 0 Å². The first-order chi connectivity index (χ1) is 8.30. The summed E-state index contributed by atoms with van der Waals surface area (Å²) in [6.45, 7) is 11.9. The predicted octanol–water partition coefficient (Wildman–Crippen LogP) is 4.03. The molecule has 0 spiro atoms.